The number of ether oxygens (including phenoxy) is 1. The molecule has 0 radical (unpaired) electrons. The summed E-state index contributed by atoms with van der Waals surface area (Å²) in [7, 11) is 0. The van der Waals surface area contributed by atoms with E-state index in [-0.39, 0.29) is 5.69 Å². The molecule has 3 rings (SSSR count). The van der Waals surface area contributed by atoms with E-state index in [1.54, 1.807) is 18.3 Å². The third-order valence-corrected chi connectivity index (χ3v) is 5.02. The van der Waals surface area contributed by atoms with Crippen molar-refractivity contribution in [3.05, 3.63) is 58.3 Å². The van der Waals surface area contributed by atoms with E-state index in [0.29, 0.717) is 18.3 Å². The van der Waals surface area contributed by atoms with E-state index in [0.717, 1.165) is 36.9 Å². The molecule has 0 unspecified atom stereocenters. The van der Waals surface area contributed by atoms with Gasteiger partial charge < -0.3 is 10.5 Å². The van der Waals surface area contributed by atoms with Gasteiger partial charge in [-0.25, -0.2) is 0 Å². The smallest absolute Gasteiger partial charge is 0.267 e. The molecule has 1 amide bonds. The summed E-state index contributed by atoms with van der Waals surface area (Å²) in [5, 5.41) is 0. The molecule has 1 saturated heterocycles. The Morgan fingerprint density at radius 2 is 1.96 bits per heavy atom. The molecule has 0 aliphatic carbocycles. The molecule has 1 aliphatic rings. The zero-order chi connectivity index (χ0) is 17.6. The summed E-state index contributed by atoms with van der Waals surface area (Å²) in [6.07, 6.45) is 3.78. The molecule has 1 aromatic heterocycles. The summed E-state index contributed by atoms with van der Waals surface area (Å²) in [6.45, 7) is 3.81. The van der Waals surface area contributed by atoms with Crippen LogP contribution in [0.25, 0.3) is 0 Å². The van der Waals surface area contributed by atoms with Gasteiger partial charge in [0.1, 0.15) is 11.4 Å². The number of pyridine rings is 1. The average molecular weight is 404 g/mol. The van der Waals surface area contributed by atoms with E-state index in [1.165, 1.54) is 5.56 Å². The number of carbonyl (C=O) groups is 1. The Balaban J connectivity index is 1.44. The summed E-state index contributed by atoms with van der Waals surface area (Å²) in [5.41, 5.74) is 6.82. The molecular weight excluding hydrogens is 382 g/mol. The second-order valence-corrected chi connectivity index (χ2v) is 7.31. The molecule has 2 heterocycles. The highest BCUT2D eigenvalue weighted by atomic mass is 79.9. The van der Waals surface area contributed by atoms with Gasteiger partial charge in [-0.3, -0.25) is 14.7 Å². The fourth-order valence-electron chi connectivity index (χ4n) is 3.01. The largest absolute Gasteiger partial charge is 0.493 e. The molecule has 2 N–H and O–H groups in total. The van der Waals surface area contributed by atoms with E-state index in [1.807, 2.05) is 0 Å². The van der Waals surface area contributed by atoms with Gasteiger partial charge in [0.2, 0.25) is 0 Å². The van der Waals surface area contributed by atoms with Crippen LogP contribution < -0.4 is 10.5 Å². The lowest BCUT2D eigenvalue weighted by Crippen LogP contribution is -2.35. The first-order valence-corrected chi connectivity index (χ1v) is 9.25. The number of halogens is 1. The van der Waals surface area contributed by atoms with Crippen LogP contribution >= 0.6 is 15.9 Å². The number of hydrogen-bond acceptors (Lipinski definition) is 4. The Hall–Kier alpha value is -1.92. The summed E-state index contributed by atoms with van der Waals surface area (Å²) in [6, 6.07) is 11.9. The van der Waals surface area contributed by atoms with Crippen LogP contribution in [0, 0.1) is 5.92 Å². The van der Waals surface area contributed by atoms with Crippen molar-refractivity contribution in [2.75, 3.05) is 19.7 Å². The number of rotatable bonds is 6. The van der Waals surface area contributed by atoms with Crippen LogP contribution in [-0.2, 0) is 6.54 Å². The quantitative estimate of drug-likeness (QED) is 0.803. The van der Waals surface area contributed by atoms with E-state index in [4.69, 9.17) is 10.5 Å². The molecule has 0 spiro atoms. The van der Waals surface area contributed by atoms with Crippen molar-refractivity contribution in [3.63, 3.8) is 0 Å². The number of benzene rings is 1. The number of carbonyl (C=O) groups excluding carboxylic acids is 1. The van der Waals surface area contributed by atoms with Crippen LogP contribution in [-0.4, -0.2) is 35.5 Å². The fourth-order valence-corrected chi connectivity index (χ4v) is 3.27. The maximum atomic E-state index is 11.2. The summed E-state index contributed by atoms with van der Waals surface area (Å²) in [5.74, 6) is 0.652. The van der Waals surface area contributed by atoms with Crippen molar-refractivity contribution in [1.29, 1.82) is 0 Å². The minimum Gasteiger partial charge on any atom is -0.493 e. The molecule has 0 bridgehead atoms. The monoisotopic (exact) mass is 403 g/mol. The Labute approximate surface area is 156 Å². The van der Waals surface area contributed by atoms with E-state index < -0.39 is 5.91 Å². The number of primary amides is 1. The predicted molar refractivity (Wildman–Crippen MR) is 100 cm³/mol. The normalized spacial score (nSPS) is 15.9. The molecular formula is C19H22BrN3O2. The van der Waals surface area contributed by atoms with Gasteiger partial charge in [-0.2, -0.15) is 0 Å². The molecule has 5 nitrogen and oxygen atoms in total. The van der Waals surface area contributed by atoms with Gasteiger partial charge in [0, 0.05) is 23.3 Å². The lowest BCUT2D eigenvalue weighted by molar-refractivity contribution is 0.0994. The highest BCUT2D eigenvalue weighted by Crippen LogP contribution is 2.21. The minimum absolute atomic E-state index is 0.238. The second-order valence-electron chi connectivity index (χ2n) is 6.40. The zero-order valence-corrected chi connectivity index (χ0v) is 15.6. The number of likely N-dealkylation sites (tertiary alicyclic amines) is 1. The summed E-state index contributed by atoms with van der Waals surface area (Å²) >= 11 is 3.47. The first-order valence-electron chi connectivity index (χ1n) is 8.45. The van der Waals surface area contributed by atoms with Gasteiger partial charge in [0.05, 0.1) is 6.61 Å². The maximum Gasteiger partial charge on any atom is 0.267 e. The average Bonchev–Trinajstić information content (AvgIpc) is 2.63. The van der Waals surface area contributed by atoms with Crippen LogP contribution in [0.15, 0.2) is 47.1 Å². The summed E-state index contributed by atoms with van der Waals surface area (Å²) < 4.78 is 6.95. The standard InChI is InChI=1S/C19H22BrN3O2/c20-16-3-1-14(2-4-16)12-23-9-6-15(7-10-23)13-25-17-5-8-22-18(11-17)19(21)24/h1-5,8,11,15H,6-7,9-10,12-13H2,(H2,21,24). The third kappa shape index (κ3) is 5.28. The summed E-state index contributed by atoms with van der Waals surface area (Å²) in [4.78, 5) is 17.6. The Morgan fingerprint density at radius 1 is 1.24 bits per heavy atom. The van der Waals surface area contributed by atoms with Crippen molar-refractivity contribution < 1.29 is 9.53 Å². The highest BCUT2D eigenvalue weighted by molar-refractivity contribution is 9.10. The lowest BCUT2D eigenvalue weighted by Gasteiger charge is -2.31. The number of nitrogens with zero attached hydrogens (tertiary/aromatic N) is 2. The number of nitrogens with two attached hydrogens (primary N) is 1. The van der Waals surface area contributed by atoms with Crippen LogP contribution in [0.5, 0.6) is 5.75 Å². The minimum atomic E-state index is -0.535. The fraction of sp³-hybridized carbons (Fsp3) is 0.368. The lowest BCUT2D eigenvalue weighted by atomic mass is 9.97. The first-order chi connectivity index (χ1) is 12.1. The molecule has 0 saturated carbocycles. The van der Waals surface area contributed by atoms with Gasteiger partial charge in [-0.05, 0) is 55.6 Å². The van der Waals surface area contributed by atoms with Crippen molar-refractivity contribution in [3.8, 4) is 5.75 Å². The van der Waals surface area contributed by atoms with E-state index >= 15 is 0 Å². The SMILES string of the molecule is NC(=O)c1cc(OCC2CCN(Cc3ccc(Br)cc3)CC2)ccn1. The number of aromatic nitrogens is 1. The topological polar surface area (TPSA) is 68.5 Å². The third-order valence-electron chi connectivity index (χ3n) is 4.50. The first kappa shape index (κ1) is 17.9. The van der Waals surface area contributed by atoms with Gasteiger partial charge in [-0.15, -0.1) is 0 Å². The van der Waals surface area contributed by atoms with Crippen molar-refractivity contribution in [2.45, 2.75) is 19.4 Å². The number of piperidine rings is 1. The van der Waals surface area contributed by atoms with E-state index in [2.05, 4.69) is 50.1 Å². The molecule has 6 heteroatoms. The maximum absolute atomic E-state index is 11.2. The van der Waals surface area contributed by atoms with Crippen LogP contribution in [0.3, 0.4) is 0 Å². The molecule has 1 fully saturated rings. The van der Waals surface area contributed by atoms with Gasteiger partial charge >= 0.3 is 0 Å². The van der Waals surface area contributed by atoms with Crippen molar-refractivity contribution in [1.82, 2.24) is 9.88 Å². The predicted octanol–water partition coefficient (Wildman–Crippen LogP) is 3.23. The van der Waals surface area contributed by atoms with Gasteiger partial charge in [0.25, 0.3) is 5.91 Å². The van der Waals surface area contributed by atoms with Crippen LogP contribution in [0.1, 0.15) is 28.9 Å². The van der Waals surface area contributed by atoms with Crippen molar-refractivity contribution >= 4 is 21.8 Å². The molecule has 132 valence electrons. The number of hydrogen-bond donors (Lipinski definition) is 1. The molecule has 25 heavy (non-hydrogen) atoms. The van der Waals surface area contributed by atoms with E-state index in [9.17, 15) is 4.79 Å². The second kappa shape index (κ2) is 8.45. The molecule has 1 aliphatic heterocycles. The molecule has 0 atom stereocenters. The van der Waals surface area contributed by atoms with Crippen LogP contribution in [0.2, 0.25) is 0 Å². The van der Waals surface area contributed by atoms with Crippen molar-refractivity contribution in [2.24, 2.45) is 11.7 Å². The Morgan fingerprint density at radius 3 is 2.64 bits per heavy atom. The molecule has 2 aromatic rings. The molecule has 1 aromatic carbocycles. The number of amides is 1. The highest BCUT2D eigenvalue weighted by Gasteiger charge is 2.20. The zero-order valence-electron chi connectivity index (χ0n) is 14.0. The van der Waals surface area contributed by atoms with Gasteiger partial charge in [-0.1, -0.05) is 28.1 Å². The van der Waals surface area contributed by atoms with Crippen LogP contribution in [0.4, 0.5) is 0 Å². The Bertz CT molecular complexity index is 713. The van der Waals surface area contributed by atoms with Gasteiger partial charge in [0.15, 0.2) is 0 Å². The Kier molecular flexibility index (Phi) is 6.04.